The molecule has 1 aromatic carbocycles. The van der Waals surface area contributed by atoms with Crippen molar-refractivity contribution in [2.24, 2.45) is 4.99 Å². The number of pyridine rings is 1. The Hall–Kier alpha value is -2.33. The first-order valence-corrected chi connectivity index (χ1v) is 10.3. The summed E-state index contributed by atoms with van der Waals surface area (Å²) >= 11 is 0. The van der Waals surface area contributed by atoms with Crippen molar-refractivity contribution in [2.75, 3.05) is 38.3 Å². The summed E-state index contributed by atoms with van der Waals surface area (Å²) in [6.07, 6.45) is 3.89. The standard InChI is InChI=1S/C23H31N5O2.HI/c1-4-12-30-21-8-6-5-7-20(21)16-27-23(24-3)26-15-19-9-10-22(25-14-19)28-11-13-29-18(2)17-28;/h4-10,14,18H,1,11-13,15-17H2,2-3H3,(H2,24,26,27);1H. The molecule has 2 heterocycles. The molecule has 1 aliphatic rings. The highest BCUT2D eigenvalue weighted by atomic mass is 127. The number of guanidine groups is 1. The van der Waals surface area contributed by atoms with Gasteiger partial charge in [-0.15, -0.1) is 24.0 Å². The van der Waals surface area contributed by atoms with Crippen molar-refractivity contribution < 1.29 is 9.47 Å². The Bertz CT molecular complexity index is 844. The Morgan fingerprint density at radius 3 is 2.81 bits per heavy atom. The second-order valence-corrected chi connectivity index (χ2v) is 7.14. The first kappa shape index (κ1) is 24.9. The Kier molecular flexibility index (Phi) is 10.6. The number of anilines is 1. The zero-order valence-electron chi connectivity index (χ0n) is 18.2. The third-order valence-corrected chi connectivity index (χ3v) is 4.83. The molecule has 0 amide bonds. The number of nitrogens with zero attached hydrogens (tertiary/aromatic N) is 3. The molecule has 2 N–H and O–H groups in total. The number of halogens is 1. The van der Waals surface area contributed by atoms with Gasteiger partial charge in [-0.25, -0.2) is 4.98 Å². The van der Waals surface area contributed by atoms with E-state index in [9.17, 15) is 0 Å². The van der Waals surface area contributed by atoms with Gasteiger partial charge in [-0.3, -0.25) is 4.99 Å². The molecule has 1 unspecified atom stereocenters. The molecule has 1 aliphatic heterocycles. The number of rotatable bonds is 8. The summed E-state index contributed by atoms with van der Waals surface area (Å²) < 4.78 is 11.3. The SMILES string of the molecule is C=CCOc1ccccc1CNC(=NC)NCc1ccc(N2CCOC(C)C2)nc1.I. The minimum Gasteiger partial charge on any atom is -0.489 e. The number of nitrogens with one attached hydrogen (secondary N) is 2. The van der Waals surface area contributed by atoms with Crippen LogP contribution < -0.4 is 20.3 Å². The molecule has 0 radical (unpaired) electrons. The third kappa shape index (κ3) is 7.70. The minimum atomic E-state index is 0. The van der Waals surface area contributed by atoms with E-state index in [1.54, 1.807) is 13.1 Å². The first-order valence-electron chi connectivity index (χ1n) is 10.3. The number of aromatic nitrogens is 1. The molecule has 1 saturated heterocycles. The number of hydrogen-bond donors (Lipinski definition) is 2. The summed E-state index contributed by atoms with van der Waals surface area (Å²) in [5.41, 5.74) is 2.16. The Morgan fingerprint density at radius 1 is 1.29 bits per heavy atom. The molecule has 7 nitrogen and oxygen atoms in total. The van der Waals surface area contributed by atoms with Crippen LogP contribution in [-0.4, -0.2) is 50.4 Å². The minimum absolute atomic E-state index is 0. The van der Waals surface area contributed by atoms with Crippen LogP contribution in [0.3, 0.4) is 0 Å². The lowest BCUT2D eigenvalue weighted by Gasteiger charge is -2.32. The van der Waals surface area contributed by atoms with E-state index in [1.807, 2.05) is 30.5 Å². The maximum absolute atomic E-state index is 5.71. The smallest absolute Gasteiger partial charge is 0.191 e. The van der Waals surface area contributed by atoms with Crippen LogP contribution in [0.1, 0.15) is 18.1 Å². The summed E-state index contributed by atoms with van der Waals surface area (Å²) in [5.74, 6) is 2.56. The van der Waals surface area contributed by atoms with E-state index in [-0.39, 0.29) is 30.1 Å². The maximum atomic E-state index is 5.71. The van der Waals surface area contributed by atoms with Gasteiger partial charge in [-0.2, -0.15) is 0 Å². The van der Waals surface area contributed by atoms with E-state index in [4.69, 9.17) is 9.47 Å². The fourth-order valence-electron chi connectivity index (χ4n) is 3.26. The summed E-state index contributed by atoms with van der Waals surface area (Å²) in [6, 6.07) is 12.1. The van der Waals surface area contributed by atoms with E-state index in [2.05, 4.69) is 51.1 Å². The molecule has 2 aromatic rings. The van der Waals surface area contributed by atoms with Gasteiger partial charge >= 0.3 is 0 Å². The van der Waals surface area contributed by atoms with Gasteiger partial charge in [-0.05, 0) is 24.6 Å². The number of para-hydroxylation sites is 1. The van der Waals surface area contributed by atoms with Gasteiger partial charge in [0.15, 0.2) is 5.96 Å². The van der Waals surface area contributed by atoms with Crippen molar-refractivity contribution >= 4 is 35.8 Å². The van der Waals surface area contributed by atoms with Crippen LogP contribution in [0.5, 0.6) is 5.75 Å². The molecule has 0 saturated carbocycles. The molecule has 31 heavy (non-hydrogen) atoms. The second-order valence-electron chi connectivity index (χ2n) is 7.14. The van der Waals surface area contributed by atoms with Crippen molar-refractivity contribution in [1.29, 1.82) is 0 Å². The van der Waals surface area contributed by atoms with Gasteiger partial charge in [0, 0.05) is 45.0 Å². The molecular weight excluding hydrogens is 505 g/mol. The molecule has 168 valence electrons. The van der Waals surface area contributed by atoms with Crippen LogP contribution in [0.25, 0.3) is 0 Å². The zero-order chi connectivity index (χ0) is 21.2. The van der Waals surface area contributed by atoms with E-state index in [0.717, 1.165) is 48.4 Å². The lowest BCUT2D eigenvalue weighted by Crippen LogP contribution is -2.41. The topological polar surface area (TPSA) is 71.0 Å². The second kappa shape index (κ2) is 13.2. The van der Waals surface area contributed by atoms with Crippen LogP contribution >= 0.6 is 24.0 Å². The van der Waals surface area contributed by atoms with Gasteiger partial charge in [0.05, 0.1) is 12.7 Å². The number of hydrogen-bond acceptors (Lipinski definition) is 5. The van der Waals surface area contributed by atoms with Crippen LogP contribution in [0.2, 0.25) is 0 Å². The summed E-state index contributed by atoms with van der Waals surface area (Å²) in [4.78, 5) is 11.2. The van der Waals surface area contributed by atoms with Gasteiger partial charge in [0.1, 0.15) is 18.2 Å². The molecule has 1 fully saturated rings. The molecule has 0 aliphatic carbocycles. The molecule has 8 heteroatoms. The Balaban J connectivity index is 0.00000341. The predicted octanol–water partition coefficient (Wildman–Crippen LogP) is 3.35. The van der Waals surface area contributed by atoms with Crippen LogP contribution in [0.4, 0.5) is 5.82 Å². The Morgan fingerprint density at radius 2 is 2.10 bits per heavy atom. The highest BCUT2D eigenvalue weighted by Crippen LogP contribution is 2.18. The molecule has 0 spiro atoms. The summed E-state index contributed by atoms with van der Waals surface area (Å²) in [5, 5.41) is 6.66. The van der Waals surface area contributed by atoms with E-state index < -0.39 is 0 Å². The van der Waals surface area contributed by atoms with Crippen molar-refractivity contribution in [3.05, 3.63) is 66.4 Å². The lowest BCUT2D eigenvalue weighted by molar-refractivity contribution is 0.0529. The maximum Gasteiger partial charge on any atom is 0.191 e. The summed E-state index contributed by atoms with van der Waals surface area (Å²) in [6.45, 7) is 10.0. The van der Waals surface area contributed by atoms with Crippen molar-refractivity contribution in [2.45, 2.75) is 26.1 Å². The van der Waals surface area contributed by atoms with Crippen molar-refractivity contribution in [3.8, 4) is 5.75 Å². The predicted molar refractivity (Wildman–Crippen MR) is 136 cm³/mol. The normalized spacial score (nSPS) is 16.3. The van der Waals surface area contributed by atoms with Crippen molar-refractivity contribution in [3.63, 3.8) is 0 Å². The van der Waals surface area contributed by atoms with Gasteiger partial charge < -0.3 is 25.0 Å². The monoisotopic (exact) mass is 537 g/mol. The average Bonchev–Trinajstić information content (AvgIpc) is 2.79. The van der Waals surface area contributed by atoms with E-state index >= 15 is 0 Å². The fraction of sp³-hybridized carbons (Fsp3) is 0.391. The van der Waals surface area contributed by atoms with Crippen LogP contribution in [0.15, 0.2) is 60.2 Å². The Labute approximate surface area is 202 Å². The lowest BCUT2D eigenvalue weighted by atomic mass is 10.2. The number of benzene rings is 1. The fourth-order valence-corrected chi connectivity index (χ4v) is 3.26. The molecular formula is C23H32IN5O2. The zero-order valence-corrected chi connectivity index (χ0v) is 20.5. The average molecular weight is 537 g/mol. The van der Waals surface area contributed by atoms with Crippen LogP contribution in [-0.2, 0) is 17.8 Å². The molecule has 0 bridgehead atoms. The van der Waals surface area contributed by atoms with E-state index in [1.165, 1.54) is 0 Å². The highest BCUT2D eigenvalue weighted by Gasteiger charge is 2.17. The highest BCUT2D eigenvalue weighted by molar-refractivity contribution is 14.0. The number of aliphatic imine (C=N–C) groups is 1. The molecule has 1 atom stereocenters. The quantitative estimate of drug-likeness (QED) is 0.233. The largest absolute Gasteiger partial charge is 0.489 e. The van der Waals surface area contributed by atoms with Crippen molar-refractivity contribution in [1.82, 2.24) is 15.6 Å². The van der Waals surface area contributed by atoms with Gasteiger partial charge in [-0.1, -0.05) is 36.9 Å². The number of morpholine rings is 1. The third-order valence-electron chi connectivity index (χ3n) is 4.83. The molecule has 1 aromatic heterocycles. The first-order chi connectivity index (χ1) is 14.7. The summed E-state index contributed by atoms with van der Waals surface area (Å²) in [7, 11) is 1.76. The number of ether oxygens (including phenoxy) is 2. The van der Waals surface area contributed by atoms with Gasteiger partial charge in [0.2, 0.25) is 0 Å². The van der Waals surface area contributed by atoms with Gasteiger partial charge in [0.25, 0.3) is 0 Å². The van der Waals surface area contributed by atoms with E-state index in [0.29, 0.717) is 19.7 Å². The van der Waals surface area contributed by atoms with Crippen LogP contribution in [0, 0.1) is 0 Å². The molecule has 3 rings (SSSR count).